The number of hydrogen-bond acceptors (Lipinski definition) is 2. The average Bonchev–Trinajstić information content (AvgIpc) is 2.22. The summed E-state index contributed by atoms with van der Waals surface area (Å²) in [7, 11) is 0. The van der Waals surface area contributed by atoms with Crippen LogP contribution in [-0.2, 0) is 0 Å². The molecule has 88 valence electrons. The lowest BCUT2D eigenvalue weighted by Gasteiger charge is -2.38. The van der Waals surface area contributed by atoms with E-state index in [1.165, 1.54) is 5.69 Å². The summed E-state index contributed by atoms with van der Waals surface area (Å²) in [6.45, 7) is 6.20. The van der Waals surface area contributed by atoms with Crippen LogP contribution in [0.4, 0.5) is 5.69 Å². The van der Waals surface area contributed by atoms with E-state index in [4.69, 9.17) is 17.3 Å². The number of rotatable bonds is 1. The summed E-state index contributed by atoms with van der Waals surface area (Å²) < 4.78 is 0. The fourth-order valence-electron chi connectivity index (χ4n) is 2.05. The number of halogens is 1. The largest absolute Gasteiger partial charge is 0.371 e. The van der Waals surface area contributed by atoms with Crippen molar-refractivity contribution in [3.05, 3.63) is 28.8 Å². The Balaban J connectivity index is 2.11. The third-order valence-corrected chi connectivity index (χ3v) is 3.83. The Labute approximate surface area is 102 Å². The van der Waals surface area contributed by atoms with Gasteiger partial charge in [-0.15, -0.1) is 0 Å². The fraction of sp³-hybridized carbons (Fsp3) is 0.538. The summed E-state index contributed by atoms with van der Waals surface area (Å²) in [5.74, 6) is 0. The van der Waals surface area contributed by atoms with E-state index < -0.39 is 0 Å². The molecule has 2 rings (SSSR count). The first-order valence-electron chi connectivity index (χ1n) is 5.78. The minimum Gasteiger partial charge on any atom is -0.371 e. The first-order chi connectivity index (χ1) is 7.48. The van der Waals surface area contributed by atoms with Crippen LogP contribution in [-0.4, -0.2) is 18.6 Å². The van der Waals surface area contributed by atoms with Gasteiger partial charge >= 0.3 is 0 Å². The van der Waals surface area contributed by atoms with Crippen molar-refractivity contribution in [2.45, 2.75) is 32.2 Å². The molecule has 3 heteroatoms. The number of piperidine rings is 1. The van der Waals surface area contributed by atoms with Gasteiger partial charge in [-0.05, 0) is 44.4 Å². The van der Waals surface area contributed by atoms with Crippen LogP contribution in [0.5, 0.6) is 0 Å². The van der Waals surface area contributed by atoms with Crippen molar-refractivity contribution in [3.8, 4) is 0 Å². The predicted molar refractivity (Wildman–Crippen MR) is 70.2 cm³/mol. The SMILES string of the molecule is Cc1ccc(N2CCC(C)(N)CC2)cc1Cl. The van der Waals surface area contributed by atoms with Gasteiger partial charge in [0, 0.05) is 29.3 Å². The normalized spacial score (nSPS) is 19.9. The Bertz CT molecular complexity index is 378. The van der Waals surface area contributed by atoms with E-state index in [1.54, 1.807) is 0 Å². The molecule has 0 unspecified atom stereocenters. The number of nitrogens with two attached hydrogens (primary N) is 1. The van der Waals surface area contributed by atoms with E-state index in [-0.39, 0.29) is 5.54 Å². The van der Waals surface area contributed by atoms with Crippen molar-refractivity contribution >= 4 is 17.3 Å². The minimum atomic E-state index is 0.00495. The van der Waals surface area contributed by atoms with Gasteiger partial charge in [-0.2, -0.15) is 0 Å². The zero-order valence-electron chi connectivity index (χ0n) is 9.96. The van der Waals surface area contributed by atoms with E-state index in [9.17, 15) is 0 Å². The Hall–Kier alpha value is -0.730. The molecule has 0 bridgehead atoms. The van der Waals surface area contributed by atoms with Crippen LogP contribution in [0.1, 0.15) is 25.3 Å². The molecule has 1 fully saturated rings. The minimum absolute atomic E-state index is 0.00495. The highest BCUT2D eigenvalue weighted by molar-refractivity contribution is 6.31. The number of hydrogen-bond donors (Lipinski definition) is 1. The second kappa shape index (κ2) is 4.27. The van der Waals surface area contributed by atoms with Gasteiger partial charge in [-0.3, -0.25) is 0 Å². The van der Waals surface area contributed by atoms with Gasteiger partial charge in [-0.1, -0.05) is 17.7 Å². The molecule has 2 N–H and O–H groups in total. The highest BCUT2D eigenvalue weighted by Crippen LogP contribution is 2.27. The second-order valence-electron chi connectivity index (χ2n) is 5.07. The zero-order chi connectivity index (χ0) is 11.8. The molecule has 0 amide bonds. The average molecular weight is 239 g/mol. The van der Waals surface area contributed by atoms with Crippen LogP contribution in [0.3, 0.4) is 0 Å². The van der Waals surface area contributed by atoms with Crippen molar-refractivity contribution in [3.63, 3.8) is 0 Å². The first-order valence-corrected chi connectivity index (χ1v) is 6.16. The third kappa shape index (κ3) is 2.50. The predicted octanol–water partition coefficient (Wildman–Crippen LogP) is 2.97. The number of benzene rings is 1. The standard InChI is InChI=1S/C13H19ClN2/c1-10-3-4-11(9-12(10)14)16-7-5-13(2,15)6-8-16/h3-4,9H,5-8,15H2,1-2H3. The number of nitrogens with zero attached hydrogens (tertiary/aromatic N) is 1. The summed E-state index contributed by atoms with van der Waals surface area (Å²) in [5.41, 5.74) is 8.47. The molecule has 1 aliphatic rings. The Morgan fingerprint density at radius 1 is 1.31 bits per heavy atom. The van der Waals surface area contributed by atoms with Crippen LogP contribution in [0.25, 0.3) is 0 Å². The van der Waals surface area contributed by atoms with Gasteiger partial charge in [0.25, 0.3) is 0 Å². The maximum Gasteiger partial charge on any atom is 0.0455 e. The quantitative estimate of drug-likeness (QED) is 0.815. The van der Waals surface area contributed by atoms with Gasteiger partial charge in [0.15, 0.2) is 0 Å². The number of anilines is 1. The van der Waals surface area contributed by atoms with Crippen LogP contribution < -0.4 is 10.6 Å². The lowest BCUT2D eigenvalue weighted by Crippen LogP contribution is -2.48. The molecule has 0 spiro atoms. The van der Waals surface area contributed by atoms with Gasteiger partial charge in [0.1, 0.15) is 0 Å². The lowest BCUT2D eigenvalue weighted by molar-refractivity contribution is 0.364. The molecule has 1 saturated heterocycles. The summed E-state index contributed by atoms with van der Waals surface area (Å²) in [6.07, 6.45) is 2.08. The van der Waals surface area contributed by atoms with Gasteiger partial charge < -0.3 is 10.6 Å². The summed E-state index contributed by atoms with van der Waals surface area (Å²) in [4.78, 5) is 2.36. The smallest absolute Gasteiger partial charge is 0.0455 e. The molecule has 1 heterocycles. The molecule has 1 aromatic rings. The highest BCUT2D eigenvalue weighted by Gasteiger charge is 2.25. The first kappa shape index (κ1) is 11.7. The molecule has 1 aromatic carbocycles. The molecule has 1 aliphatic heterocycles. The van der Waals surface area contributed by atoms with Crippen LogP contribution in [0.2, 0.25) is 5.02 Å². The van der Waals surface area contributed by atoms with E-state index in [2.05, 4.69) is 30.0 Å². The van der Waals surface area contributed by atoms with Crippen LogP contribution in [0.15, 0.2) is 18.2 Å². The van der Waals surface area contributed by atoms with Crippen molar-refractivity contribution in [1.82, 2.24) is 0 Å². The highest BCUT2D eigenvalue weighted by atomic mass is 35.5. The van der Waals surface area contributed by atoms with E-state index in [1.807, 2.05) is 6.92 Å². The molecule has 2 nitrogen and oxygen atoms in total. The van der Waals surface area contributed by atoms with E-state index in [0.29, 0.717) is 0 Å². The molecule has 0 aliphatic carbocycles. The van der Waals surface area contributed by atoms with Crippen molar-refractivity contribution in [2.24, 2.45) is 5.73 Å². The summed E-state index contributed by atoms with van der Waals surface area (Å²) in [6, 6.07) is 6.27. The van der Waals surface area contributed by atoms with Gasteiger partial charge in [-0.25, -0.2) is 0 Å². The topological polar surface area (TPSA) is 29.3 Å². The fourth-order valence-corrected chi connectivity index (χ4v) is 2.23. The summed E-state index contributed by atoms with van der Waals surface area (Å²) >= 11 is 6.14. The molecule has 0 radical (unpaired) electrons. The second-order valence-corrected chi connectivity index (χ2v) is 5.48. The molecule has 0 atom stereocenters. The zero-order valence-corrected chi connectivity index (χ0v) is 10.7. The van der Waals surface area contributed by atoms with Crippen molar-refractivity contribution < 1.29 is 0 Å². The van der Waals surface area contributed by atoms with E-state index in [0.717, 1.165) is 36.5 Å². The molecular formula is C13H19ClN2. The molecule has 0 saturated carbocycles. The Morgan fingerprint density at radius 3 is 2.50 bits per heavy atom. The number of aryl methyl sites for hydroxylation is 1. The van der Waals surface area contributed by atoms with Crippen LogP contribution >= 0.6 is 11.6 Å². The maximum absolute atomic E-state index is 6.14. The van der Waals surface area contributed by atoms with Crippen molar-refractivity contribution in [1.29, 1.82) is 0 Å². The summed E-state index contributed by atoms with van der Waals surface area (Å²) in [5, 5.41) is 0.846. The van der Waals surface area contributed by atoms with Crippen LogP contribution in [0, 0.1) is 6.92 Å². The molecule has 0 aromatic heterocycles. The third-order valence-electron chi connectivity index (χ3n) is 3.43. The Morgan fingerprint density at radius 2 is 1.94 bits per heavy atom. The monoisotopic (exact) mass is 238 g/mol. The molecular weight excluding hydrogens is 220 g/mol. The Kier molecular flexibility index (Phi) is 3.13. The lowest BCUT2D eigenvalue weighted by atomic mass is 9.91. The van der Waals surface area contributed by atoms with Crippen molar-refractivity contribution in [2.75, 3.05) is 18.0 Å². The van der Waals surface area contributed by atoms with Gasteiger partial charge in [0.05, 0.1) is 0 Å². The van der Waals surface area contributed by atoms with E-state index >= 15 is 0 Å². The van der Waals surface area contributed by atoms with Gasteiger partial charge in [0.2, 0.25) is 0 Å². The molecule has 16 heavy (non-hydrogen) atoms. The maximum atomic E-state index is 6.14.